The van der Waals surface area contributed by atoms with Gasteiger partial charge >= 0.3 is 5.97 Å². The molecule has 1 aromatic carbocycles. The molecule has 0 spiro atoms. The molecule has 0 aliphatic rings. The number of rotatable bonds is 7. The third kappa shape index (κ3) is 4.24. The van der Waals surface area contributed by atoms with Gasteiger partial charge in [-0.25, -0.2) is 0 Å². The zero-order valence-corrected chi connectivity index (χ0v) is 11.9. The molecule has 4 nitrogen and oxygen atoms in total. The standard InChI is InChI=1S/C15H23NO3/c1-4-9-19-13-7-5-12(6-8-13)15(2,11-16)10-14(17)18-3/h5-8H,4,9-11,16H2,1-3H3. The minimum atomic E-state index is -0.406. The maximum absolute atomic E-state index is 11.5. The van der Waals surface area contributed by atoms with E-state index in [9.17, 15) is 4.79 Å². The van der Waals surface area contributed by atoms with Crippen molar-refractivity contribution >= 4 is 5.97 Å². The van der Waals surface area contributed by atoms with Crippen molar-refractivity contribution in [3.8, 4) is 5.75 Å². The Hall–Kier alpha value is -1.55. The number of hydrogen-bond donors (Lipinski definition) is 1. The SMILES string of the molecule is CCCOc1ccc(C(C)(CN)CC(=O)OC)cc1. The second-order valence-electron chi connectivity index (χ2n) is 4.89. The van der Waals surface area contributed by atoms with Crippen LogP contribution in [0.25, 0.3) is 0 Å². The van der Waals surface area contributed by atoms with Gasteiger partial charge in [0.15, 0.2) is 0 Å². The highest BCUT2D eigenvalue weighted by Gasteiger charge is 2.28. The number of benzene rings is 1. The van der Waals surface area contributed by atoms with Crippen molar-refractivity contribution in [3.63, 3.8) is 0 Å². The van der Waals surface area contributed by atoms with Gasteiger partial charge in [-0.15, -0.1) is 0 Å². The normalized spacial score (nSPS) is 13.7. The highest BCUT2D eigenvalue weighted by molar-refractivity contribution is 5.71. The molecule has 0 aromatic heterocycles. The number of carbonyl (C=O) groups excluding carboxylic acids is 1. The highest BCUT2D eigenvalue weighted by atomic mass is 16.5. The predicted octanol–water partition coefficient (Wildman–Crippen LogP) is 2.25. The van der Waals surface area contributed by atoms with E-state index in [-0.39, 0.29) is 12.4 Å². The molecule has 0 bridgehead atoms. The van der Waals surface area contributed by atoms with Gasteiger partial charge in [0.2, 0.25) is 0 Å². The molecule has 0 radical (unpaired) electrons. The minimum absolute atomic E-state index is 0.251. The average Bonchev–Trinajstić information content (AvgIpc) is 2.45. The van der Waals surface area contributed by atoms with Gasteiger partial charge in [-0.2, -0.15) is 0 Å². The summed E-state index contributed by atoms with van der Waals surface area (Å²) in [7, 11) is 1.39. The molecule has 1 unspecified atom stereocenters. The topological polar surface area (TPSA) is 61.5 Å². The fourth-order valence-electron chi connectivity index (χ4n) is 1.86. The van der Waals surface area contributed by atoms with Crippen molar-refractivity contribution in [2.75, 3.05) is 20.3 Å². The maximum atomic E-state index is 11.5. The predicted molar refractivity (Wildman–Crippen MR) is 75.3 cm³/mol. The molecule has 0 amide bonds. The Morgan fingerprint density at radius 1 is 1.32 bits per heavy atom. The van der Waals surface area contributed by atoms with Crippen molar-refractivity contribution in [2.24, 2.45) is 5.73 Å². The zero-order valence-electron chi connectivity index (χ0n) is 11.9. The molecule has 2 N–H and O–H groups in total. The molecule has 0 heterocycles. The van der Waals surface area contributed by atoms with Crippen LogP contribution < -0.4 is 10.5 Å². The highest BCUT2D eigenvalue weighted by Crippen LogP contribution is 2.28. The molecular weight excluding hydrogens is 242 g/mol. The lowest BCUT2D eigenvalue weighted by Gasteiger charge is -2.27. The first-order chi connectivity index (χ1) is 9.05. The second kappa shape index (κ2) is 7.14. The van der Waals surface area contributed by atoms with E-state index in [1.807, 2.05) is 31.2 Å². The van der Waals surface area contributed by atoms with Crippen LogP contribution in [0, 0.1) is 0 Å². The summed E-state index contributed by atoms with van der Waals surface area (Å²) >= 11 is 0. The van der Waals surface area contributed by atoms with Gasteiger partial charge in [0.05, 0.1) is 20.1 Å². The minimum Gasteiger partial charge on any atom is -0.494 e. The first-order valence-corrected chi connectivity index (χ1v) is 6.56. The molecule has 0 saturated carbocycles. The Balaban J connectivity index is 2.83. The molecule has 0 aliphatic carbocycles. The summed E-state index contributed by atoms with van der Waals surface area (Å²) in [6.07, 6.45) is 1.25. The molecule has 106 valence electrons. The number of hydrogen-bond acceptors (Lipinski definition) is 4. The van der Waals surface area contributed by atoms with Crippen molar-refractivity contribution in [2.45, 2.75) is 32.1 Å². The average molecular weight is 265 g/mol. The van der Waals surface area contributed by atoms with E-state index < -0.39 is 5.41 Å². The summed E-state index contributed by atoms with van der Waals surface area (Å²) in [6.45, 7) is 5.12. The first-order valence-electron chi connectivity index (χ1n) is 6.56. The fourth-order valence-corrected chi connectivity index (χ4v) is 1.86. The van der Waals surface area contributed by atoms with Crippen LogP contribution in [0.5, 0.6) is 5.75 Å². The van der Waals surface area contributed by atoms with Crippen LogP contribution in [-0.2, 0) is 14.9 Å². The summed E-state index contributed by atoms with van der Waals surface area (Å²) in [5.41, 5.74) is 6.43. The molecule has 1 rings (SSSR count). The summed E-state index contributed by atoms with van der Waals surface area (Å²) in [5.74, 6) is 0.585. The van der Waals surface area contributed by atoms with E-state index in [0.29, 0.717) is 13.2 Å². The lowest BCUT2D eigenvalue weighted by Crippen LogP contribution is -2.34. The fraction of sp³-hybridized carbons (Fsp3) is 0.533. The van der Waals surface area contributed by atoms with E-state index in [1.165, 1.54) is 7.11 Å². The quantitative estimate of drug-likeness (QED) is 0.768. The number of ether oxygens (including phenoxy) is 2. The molecular formula is C15H23NO3. The van der Waals surface area contributed by atoms with E-state index in [2.05, 4.69) is 6.92 Å². The van der Waals surface area contributed by atoms with E-state index >= 15 is 0 Å². The summed E-state index contributed by atoms with van der Waals surface area (Å²) in [4.78, 5) is 11.5. The van der Waals surface area contributed by atoms with Crippen molar-refractivity contribution in [3.05, 3.63) is 29.8 Å². The van der Waals surface area contributed by atoms with Crippen molar-refractivity contribution < 1.29 is 14.3 Å². The Morgan fingerprint density at radius 3 is 2.42 bits per heavy atom. The van der Waals surface area contributed by atoms with Crippen LogP contribution in [0.1, 0.15) is 32.3 Å². The molecule has 19 heavy (non-hydrogen) atoms. The molecule has 0 aliphatic heterocycles. The maximum Gasteiger partial charge on any atom is 0.306 e. The van der Waals surface area contributed by atoms with Crippen molar-refractivity contribution in [1.29, 1.82) is 0 Å². The molecule has 1 aromatic rings. The summed E-state index contributed by atoms with van der Waals surface area (Å²) < 4.78 is 10.3. The van der Waals surface area contributed by atoms with Crippen LogP contribution >= 0.6 is 0 Å². The van der Waals surface area contributed by atoms with Crippen LogP contribution in [0.15, 0.2) is 24.3 Å². The largest absolute Gasteiger partial charge is 0.494 e. The van der Waals surface area contributed by atoms with Crippen molar-refractivity contribution in [1.82, 2.24) is 0 Å². The van der Waals surface area contributed by atoms with E-state index in [4.69, 9.17) is 15.2 Å². The first kappa shape index (κ1) is 15.5. The van der Waals surface area contributed by atoms with Crippen LogP contribution in [0.2, 0.25) is 0 Å². The monoisotopic (exact) mass is 265 g/mol. The Kier molecular flexibility index (Phi) is 5.83. The van der Waals surface area contributed by atoms with E-state index in [0.717, 1.165) is 17.7 Å². The zero-order chi connectivity index (χ0) is 14.3. The van der Waals surface area contributed by atoms with Gasteiger partial charge in [-0.3, -0.25) is 4.79 Å². The molecule has 4 heteroatoms. The van der Waals surface area contributed by atoms with Gasteiger partial charge in [0.1, 0.15) is 5.75 Å². The second-order valence-corrected chi connectivity index (χ2v) is 4.89. The smallest absolute Gasteiger partial charge is 0.306 e. The Labute approximate surface area is 114 Å². The van der Waals surface area contributed by atoms with Gasteiger partial charge in [-0.1, -0.05) is 26.0 Å². The van der Waals surface area contributed by atoms with Gasteiger partial charge < -0.3 is 15.2 Å². The number of carbonyl (C=O) groups is 1. The molecule has 0 fully saturated rings. The van der Waals surface area contributed by atoms with Crippen LogP contribution in [0.3, 0.4) is 0 Å². The lowest BCUT2D eigenvalue weighted by molar-refractivity contribution is -0.141. The third-order valence-electron chi connectivity index (χ3n) is 3.24. The Bertz CT molecular complexity index is 402. The van der Waals surface area contributed by atoms with E-state index in [1.54, 1.807) is 0 Å². The summed E-state index contributed by atoms with van der Waals surface area (Å²) in [6, 6.07) is 7.74. The summed E-state index contributed by atoms with van der Waals surface area (Å²) in [5, 5.41) is 0. The number of methoxy groups -OCH3 is 1. The van der Waals surface area contributed by atoms with Gasteiger partial charge in [-0.05, 0) is 24.1 Å². The molecule has 1 atom stereocenters. The Morgan fingerprint density at radius 2 is 1.95 bits per heavy atom. The van der Waals surface area contributed by atoms with Crippen LogP contribution in [-0.4, -0.2) is 26.2 Å². The van der Waals surface area contributed by atoms with Crippen LogP contribution in [0.4, 0.5) is 0 Å². The third-order valence-corrected chi connectivity index (χ3v) is 3.24. The van der Waals surface area contributed by atoms with Gasteiger partial charge in [0.25, 0.3) is 0 Å². The molecule has 0 saturated heterocycles. The lowest BCUT2D eigenvalue weighted by atomic mass is 9.79. The van der Waals surface area contributed by atoms with Gasteiger partial charge in [0, 0.05) is 12.0 Å². The number of nitrogens with two attached hydrogens (primary N) is 1. The number of esters is 1.